The van der Waals surface area contributed by atoms with E-state index in [0.29, 0.717) is 9.50 Å². The van der Waals surface area contributed by atoms with Crippen LogP contribution in [0.1, 0.15) is 12.0 Å². The normalized spacial score (nSPS) is 22.4. The van der Waals surface area contributed by atoms with E-state index >= 15 is 0 Å². The van der Waals surface area contributed by atoms with Crippen LogP contribution in [0.15, 0.2) is 16.6 Å². The molecule has 1 aromatic carbocycles. The van der Waals surface area contributed by atoms with Crippen LogP contribution in [0.3, 0.4) is 0 Å². The fourth-order valence-corrected chi connectivity index (χ4v) is 2.96. The Bertz CT molecular complexity index is 571. The molecule has 0 aliphatic carbocycles. The number of alkyl halides is 3. The summed E-state index contributed by atoms with van der Waals surface area (Å²) in [6, 6.07) is 3.08. The molecule has 0 radical (unpaired) electrons. The summed E-state index contributed by atoms with van der Waals surface area (Å²) < 4.78 is 40.3. The Balaban J connectivity index is 2.31. The molecule has 1 aliphatic rings. The fraction of sp³-hybridized carbons (Fsp3) is 0.462. The van der Waals surface area contributed by atoms with Crippen LogP contribution < -0.4 is 10.6 Å². The highest BCUT2D eigenvalue weighted by Crippen LogP contribution is 2.44. The van der Waals surface area contributed by atoms with Gasteiger partial charge in [0.15, 0.2) is 5.41 Å². The molecule has 1 unspecified atom stereocenters. The van der Waals surface area contributed by atoms with Gasteiger partial charge in [-0.3, -0.25) is 4.79 Å². The Morgan fingerprint density at radius 2 is 2.14 bits per heavy atom. The van der Waals surface area contributed by atoms with Gasteiger partial charge in [0, 0.05) is 16.0 Å². The van der Waals surface area contributed by atoms with Gasteiger partial charge in [0.25, 0.3) is 0 Å². The molecule has 2 rings (SSSR count). The van der Waals surface area contributed by atoms with E-state index in [1.165, 1.54) is 6.07 Å². The lowest BCUT2D eigenvalue weighted by molar-refractivity contribution is -0.213. The standard InChI is InChI=1S/C13H13BrClF3N2O/c1-7-4-8(14)10(5-9(7)15)20-11(21)12(13(16,17)18)2-3-19-6-12/h4-5,19H,2-3,6H2,1H3,(H,20,21). The van der Waals surface area contributed by atoms with Crippen LogP contribution >= 0.6 is 27.5 Å². The molecular weight excluding hydrogens is 373 g/mol. The van der Waals surface area contributed by atoms with Gasteiger partial charge >= 0.3 is 6.18 Å². The molecule has 1 atom stereocenters. The van der Waals surface area contributed by atoms with Gasteiger partial charge in [-0.05, 0) is 53.5 Å². The van der Waals surface area contributed by atoms with E-state index in [-0.39, 0.29) is 18.7 Å². The molecule has 1 heterocycles. The molecule has 8 heteroatoms. The minimum absolute atomic E-state index is 0.156. The Hall–Kier alpha value is -0.790. The molecule has 1 amide bonds. The first-order chi connectivity index (χ1) is 9.67. The zero-order valence-electron chi connectivity index (χ0n) is 11.1. The summed E-state index contributed by atoms with van der Waals surface area (Å²) in [4.78, 5) is 12.2. The summed E-state index contributed by atoms with van der Waals surface area (Å²) in [6.07, 6.45) is -4.89. The highest BCUT2D eigenvalue weighted by Gasteiger charge is 2.61. The number of rotatable bonds is 2. The van der Waals surface area contributed by atoms with Gasteiger partial charge in [-0.15, -0.1) is 0 Å². The summed E-state index contributed by atoms with van der Waals surface area (Å²) in [5.41, 5.74) is -1.41. The van der Waals surface area contributed by atoms with E-state index in [1.807, 2.05) is 0 Å². The second kappa shape index (κ2) is 5.78. The fourth-order valence-electron chi connectivity index (χ4n) is 2.24. The van der Waals surface area contributed by atoms with E-state index in [4.69, 9.17) is 11.6 Å². The largest absolute Gasteiger partial charge is 0.404 e. The Morgan fingerprint density at radius 3 is 2.67 bits per heavy atom. The highest BCUT2D eigenvalue weighted by atomic mass is 79.9. The molecule has 0 spiro atoms. The van der Waals surface area contributed by atoms with Gasteiger partial charge in [0.05, 0.1) is 5.69 Å². The number of hydrogen-bond donors (Lipinski definition) is 2. The van der Waals surface area contributed by atoms with Gasteiger partial charge in [0.1, 0.15) is 0 Å². The van der Waals surface area contributed by atoms with Crippen LogP contribution in [-0.4, -0.2) is 25.2 Å². The van der Waals surface area contributed by atoms with Crippen molar-refractivity contribution in [2.24, 2.45) is 5.41 Å². The van der Waals surface area contributed by atoms with Crippen molar-refractivity contribution in [3.63, 3.8) is 0 Å². The molecule has 0 aromatic heterocycles. The smallest absolute Gasteiger partial charge is 0.324 e. The van der Waals surface area contributed by atoms with Crippen LogP contribution in [0.2, 0.25) is 5.02 Å². The number of benzene rings is 1. The zero-order chi connectivity index (χ0) is 15.8. The van der Waals surface area contributed by atoms with Crippen LogP contribution in [0.4, 0.5) is 18.9 Å². The van der Waals surface area contributed by atoms with Crippen molar-refractivity contribution in [3.05, 3.63) is 27.2 Å². The summed E-state index contributed by atoms with van der Waals surface area (Å²) >= 11 is 9.16. The molecule has 2 N–H and O–H groups in total. The first-order valence-electron chi connectivity index (χ1n) is 6.22. The molecule has 1 aromatic rings. The van der Waals surface area contributed by atoms with Crippen molar-refractivity contribution in [3.8, 4) is 0 Å². The van der Waals surface area contributed by atoms with Crippen LogP contribution in [-0.2, 0) is 4.79 Å². The van der Waals surface area contributed by atoms with Gasteiger partial charge in [0.2, 0.25) is 5.91 Å². The van der Waals surface area contributed by atoms with Crippen molar-refractivity contribution in [1.82, 2.24) is 5.32 Å². The van der Waals surface area contributed by atoms with Crippen LogP contribution in [0.25, 0.3) is 0 Å². The minimum atomic E-state index is -4.61. The average molecular weight is 386 g/mol. The van der Waals surface area contributed by atoms with E-state index in [9.17, 15) is 18.0 Å². The number of hydrogen-bond acceptors (Lipinski definition) is 2. The quantitative estimate of drug-likeness (QED) is 0.811. The molecule has 1 fully saturated rings. The van der Waals surface area contributed by atoms with Crippen LogP contribution in [0, 0.1) is 12.3 Å². The zero-order valence-corrected chi connectivity index (χ0v) is 13.4. The number of carbonyl (C=O) groups excluding carboxylic acids is 1. The lowest BCUT2D eigenvalue weighted by Gasteiger charge is -2.29. The topological polar surface area (TPSA) is 41.1 Å². The maximum atomic E-state index is 13.3. The summed E-state index contributed by atoms with van der Waals surface area (Å²) in [5, 5.41) is 5.31. The Labute approximate surface area is 133 Å². The Morgan fingerprint density at radius 1 is 1.48 bits per heavy atom. The number of anilines is 1. The molecule has 1 aliphatic heterocycles. The van der Waals surface area contributed by atoms with Crippen molar-refractivity contribution in [2.45, 2.75) is 19.5 Å². The van der Waals surface area contributed by atoms with Gasteiger partial charge in [-0.1, -0.05) is 11.6 Å². The third-order valence-electron chi connectivity index (χ3n) is 3.63. The van der Waals surface area contributed by atoms with E-state index in [0.717, 1.165) is 5.56 Å². The van der Waals surface area contributed by atoms with E-state index in [2.05, 4.69) is 26.6 Å². The number of carbonyl (C=O) groups is 1. The molecule has 1 saturated heterocycles. The molecule has 3 nitrogen and oxygen atoms in total. The van der Waals surface area contributed by atoms with Gasteiger partial charge in [-0.2, -0.15) is 13.2 Å². The molecule has 116 valence electrons. The summed E-state index contributed by atoms with van der Waals surface area (Å²) in [7, 11) is 0. The molecular formula is C13H13BrClF3N2O. The minimum Gasteiger partial charge on any atom is -0.324 e. The number of aryl methyl sites for hydroxylation is 1. The number of halogens is 5. The van der Waals surface area contributed by atoms with Crippen molar-refractivity contribution < 1.29 is 18.0 Å². The molecule has 0 bridgehead atoms. The molecule has 0 saturated carbocycles. The highest BCUT2D eigenvalue weighted by molar-refractivity contribution is 9.10. The summed E-state index contributed by atoms with van der Waals surface area (Å²) in [6.45, 7) is 1.50. The van der Waals surface area contributed by atoms with Crippen LogP contribution in [0.5, 0.6) is 0 Å². The first-order valence-corrected chi connectivity index (χ1v) is 7.39. The summed E-state index contributed by atoms with van der Waals surface area (Å²) in [5.74, 6) is -1.07. The Kier molecular flexibility index (Phi) is 4.56. The molecule has 21 heavy (non-hydrogen) atoms. The van der Waals surface area contributed by atoms with E-state index < -0.39 is 24.0 Å². The second-order valence-electron chi connectivity index (χ2n) is 5.04. The van der Waals surface area contributed by atoms with Crippen molar-refractivity contribution in [2.75, 3.05) is 18.4 Å². The van der Waals surface area contributed by atoms with Gasteiger partial charge in [-0.25, -0.2) is 0 Å². The monoisotopic (exact) mass is 384 g/mol. The average Bonchev–Trinajstić information content (AvgIpc) is 2.85. The third-order valence-corrected chi connectivity index (χ3v) is 4.69. The lowest BCUT2D eigenvalue weighted by atomic mass is 9.85. The second-order valence-corrected chi connectivity index (χ2v) is 6.30. The lowest BCUT2D eigenvalue weighted by Crippen LogP contribution is -2.49. The number of nitrogens with one attached hydrogen (secondary N) is 2. The van der Waals surface area contributed by atoms with E-state index in [1.54, 1.807) is 13.0 Å². The van der Waals surface area contributed by atoms with Crippen molar-refractivity contribution in [1.29, 1.82) is 0 Å². The predicted molar refractivity (Wildman–Crippen MR) is 78.5 cm³/mol. The van der Waals surface area contributed by atoms with Crippen molar-refractivity contribution >= 4 is 39.1 Å². The maximum absolute atomic E-state index is 13.3. The number of amides is 1. The maximum Gasteiger partial charge on any atom is 0.404 e. The predicted octanol–water partition coefficient (Wildman–Crippen LogP) is 3.89. The first kappa shape index (κ1) is 16.6. The third kappa shape index (κ3) is 3.05. The van der Waals surface area contributed by atoms with Gasteiger partial charge < -0.3 is 10.6 Å². The SMILES string of the molecule is Cc1cc(Br)c(NC(=O)C2(C(F)(F)F)CCNC2)cc1Cl.